The largest absolute Gasteiger partial charge is 0.464 e. The maximum atomic E-state index is 12.9. The number of esters is 1. The van der Waals surface area contributed by atoms with Crippen LogP contribution in [0.1, 0.15) is 73.0 Å². The van der Waals surface area contributed by atoms with Crippen LogP contribution in [0, 0.1) is 5.92 Å². The molecule has 1 aromatic heterocycles. The summed E-state index contributed by atoms with van der Waals surface area (Å²) in [5.41, 5.74) is 3.90. The van der Waals surface area contributed by atoms with Gasteiger partial charge in [0.05, 0.1) is 18.2 Å². The fourth-order valence-corrected chi connectivity index (χ4v) is 4.73. The number of ketones is 1. The predicted octanol–water partition coefficient (Wildman–Crippen LogP) is 3.88. The number of aromatic nitrogens is 1. The van der Waals surface area contributed by atoms with Gasteiger partial charge in [0.15, 0.2) is 11.9 Å². The lowest BCUT2D eigenvalue weighted by atomic mass is 9.81. The number of hydrogen-bond donors (Lipinski definition) is 2. The second-order valence-electron chi connectivity index (χ2n) is 7.82. The molecule has 1 fully saturated rings. The molecule has 2 N–H and O–H groups in total. The van der Waals surface area contributed by atoms with E-state index in [0.29, 0.717) is 24.5 Å². The molecule has 27 heavy (non-hydrogen) atoms. The highest BCUT2D eigenvalue weighted by Crippen LogP contribution is 2.37. The van der Waals surface area contributed by atoms with Crippen molar-refractivity contribution in [3.05, 3.63) is 35.0 Å². The minimum absolute atomic E-state index is 0.188. The summed E-state index contributed by atoms with van der Waals surface area (Å²) in [5.74, 6) is -1.02. The summed E-state index contributed by atoms with van der Waals surface area (Å²) in [4.78, 5) is 28.0. The van der Waals surface area contributed by atoms with Crippen molar-refractivity contribution in [1.29, 1.82) is 0 Å². The number of H-pyrrole nitrogens is 1. The van der Waals surface area contributed by atoms with E-state index in [1.165, 1.54) is 37.7 Å². The minimum Gasteiger partial charge on any atom is -0.464 e. The van der Waals surface area contributed by atoms with Gasteiger partial charge in [-0.25, -0.2) is 4.79 Å². The van der Waals surface area contributed by atoms with Gasteiger partial charge in [0, 0.05) is 10.9 Å². The van der Waals surface area contributed by atoms with Crippen LogP contribution in [-0.2, 0) is 16.0 Å². The van der Waals surface area contributed by atoms with Crippen LogP contribution in [-0.4, -0.2) is 34.6 Å². The molecule has 0 bridgehead atoms. The molecule has 144 valence electrons. The molecular formula is C22H27NO4. The van der Waals surface area contributed by atoms with E-state index in [-0.39, 0.29) is 12.4 Å². The average Bonchev–Trinajstić information content (AvgIpc) is 3.07. The number of aromatic amines is 1. The Bertz CT molecular complexity index is 863. The summed E-state index contributed by atoms with van der Waals surface area (Å²) >= 11 is 0. The van der Waals surface area contributed by atoms with Crippen LogP contribution in [0.3, 0.4) is 0 Å². The maximum Gasteiger partial charge on any atom is 0.335 e. The fourth-order valence-electron chi connectivity index (χ4n) is 4.73. The number of hydrogen-bond acceptors (Lipinski definition) is 4. The van der Waals surface area contributed by atoms with Gasteiger partial charge in [0.1, 0.15) is 0 Å². The smallest absolute Gasteiger partial charge is 0.335 e. The monoisotopic (exact) mass is 369 g/mol. The van der Waals surface area contributed by atoms with Gasteiger partial charge in [-0.1, -0.05) is 25.3 Å². The molecule has 0 aliphatic heterocycles. The van der Waals surface area contributed by atoms with Crippen molar-refractivity contribution in [3.8, 4) is 0 Å². The van der Waals surface area contributed by atoms with Gasteiger partial charge >= 0.3 is 5.97 Å². The quantitative estimate of drug-likeness (QED) is 0.802. The van der Waals surface area contributed by atoms with Gasteiger partial charge in [-0.05, 0) is 61.8 Å². The van der Waals surface area contributed by atoms with Crippen LogP contribution >= 0.6 is 0 Å². The number of ether oxygens (including phenoxy) is 1. The summed E-state index contributed by atoms with van der Waals surface area (Å²) in [6, 6.07) is 6.49. The molecule has 2 atom stereocenters. The average molecular weight is 369 g/mol. The van der Waals surface area contributed by atoms with Crippen LogP contribution in [0.25, 0.3) is 10.9 Å². The number of carbonyl (C=O) groups is 2. The molecule has 1 heterocycles. The van der Waals surface area contributed by atoms with Crippen LogP contribution in [0.2, 0.25) is 0 Å². The van der Waals surface area contributed by atoms with Crippen molar-refractivity contribution < 1.29 is 19.4 Å². The Hall–Kier alpha value is -2.14. The van der Waals surface area contributed by atoms with Crippen molar-refractivity contribution in [2.45, 2.75) is 63.9 Å². The van der Waals surface area contributed by atoms with Gasteiger partial charge in [0.2, 0.25) is 0 Å². The zero-order chi connectivity index (χ0) is 19.0. The van der Waals surface area contributed by atoms with Gasteiger partial charge in [0.25, 0.3) is 0 Å². The summed E-state index contributed by atoms with van der Waals surface area (Å²) in [6.45, 7) is 1.88. The number of aliphatic hydroxyl groups is 1. The van der Waals surface area contributed by atoms with E-state index >= 15 is 0 Å². The predicted molar refractivity (Wildman–Crippen MR) is 103 cm³/mol. The lowest BCUT2D eigenvalue weighted by molar-refractivity contribution is -0.155. The fraction of sp³-hybridized carbons (Fsp3) is 0.545. The first-order valence-electron chi connectivity index (χ1n) is 10.1. The van der Waals surface area contributed by atoms with Crippen molar-refractivity contribution >= 4 is 22.7 Å². The number of rotatable bonds is 4. The third-order valence-corrected chi connectivity index (χ3v) is 6.20. The number of fused-ring (bicyclic) bond motifs is 3. The molecule has 2 aliphatic carbocycles. The standard InChI is InChI=1S/C22H27NO4/c1-2-27-22(26)21(25)16-10-9-15-17-12-14(13-6-4-3-5-7-13)8-11-18(17)23-19(15)20(16)24/h8,11-13,16,21,23,25H,2-7,9-10H2,1H3. The molecule has 1 saturated carbocycles. The molecular weight excluding hydrogens is 342 g/mol. The van der Waals surface area contributed by atoms with E-state index in [2.05, 4.69) is 23.2 Å². The number of carbonyl (C=O) groups excluding carboxylic acids is 2. The molecule has 2 aliphatic rings. The number of Topliss-reactive ketones (excluding diaryl/α,β-unsaturated/α-hetero) is 1. The number of benzene rings is 1. The lowest BCUT2D eigenvalue weighted by Crippen LogP contribution is -2.38. The third kappa shape index (κ3) is 3.29. The highest BCUT2D eigenvalue weighted by atomic mass is 16.5. The van der Waals surface area contributed by atoms with Crippen LogP contribution < -0.4 is 0 Å². The Balaban J connectivity index is 1.64. The van der Waals surface area contributed by atoms with Crippen molar-refractivity contribution in [3.63, 3.8) is 0 Å². The van der Waals surface area contributed by atoms with E-state index in [0.717, 1.165) is 16.5 Å². The molecule has 2 aromatic rings. The topological polar surface area (TPSA) is 79.4 Å². The van der Waals surface area contributed by atoms with E-state index in [1.807, 2.05) is 0 Å². The van der Waals surface area contributed by atoms with Gasteiger partial charge < -0.3 is 14.8 Å². The first kappa shape index (κ1) is 18.2. The van der Waals surface area contributed by atoms with Gasteiger partial charge in [-0.15, -0.1) is 0 Å². The zero-order valence-electron chi connectivity index (χ0n) is 15.8. The Labute approximate surface area is 159 Å². The van der Waals surface area contributed by atoms with Crippen LogP contribution in [0.5, 0.6) is 0 Å². The Kier molecular flexibility index (Phi) is 5.04. The molecule has 0 saturated heterocycles. The lowest BCUT2D eigenvalue weighted by Gasteiger charge is -2.24. The maximum absolute atomic E-state index is 12.9. The minimum atomic E-state index is -1.39. The molecule has 0 spiro atoms. The summed E-state index contributed by atoms with van der Waals surface area (Å²) in [5, 5.41) is 11.4. The van der Waals surface area contributed by atoms with Crippen molar-refractivity contribution in [2.75, 3.05) is 6.61 Å². The second-order valence-corrected chi connectivity index (χ2v) is 7.82. The number of nitrogens with one attached hydrogen (secondary N) is 1. The zero-order valence-corrected chi connectivity index (χ0v) is 15.8. The molecule has 5 heteroatoms. The van der Waals surface area contributed by atoms with Crippen LogP contribution in [0.4, 0.5) is 0 Å². The molecule has 2 unspecified atom stereocenters. The second kappa shape index (κ2) is 7.47. The summed E-state index contributed by atoms with van der Waals surface area (Å²) in [6.07, 6.45) is 6.14. The Morgan fingerprint density at radius 1 is 1.26 bits per heavy atom. The first-order valence-corrected chi connectivity index (χ1v) is 10.1. The van der Waals surface area contributed by atoms with E-state index in [9.17, 15) is 14.7 Å². The Morgan fingerprint density at radius 2 is 2.04 bits per heavy atom. The first-order chi connectivity index (χ1) is 13.1. The Morgan fingerprint density at radius 3 is 2.78 bits per heavy atom. The third-order valence-electron chi connectivity index (χ3n) is 6.20. The number of aliphatic hydroxyl groups excluding tert-OH is 1. The molecule has 4 rings (SSSR count). The number of aryl methyl sites for hydroxylation is 1. The van der Waals surface area contributed by atoms with Crippen molar-refractivity contribution in [1.82, 2.24) is 4.98 Å². The van der Waals surface area contributed by atoms with Crippen molar-refractivity contribution in [2.24, 2.45) is 5.92 Å². The highest BCUT2D eigenvalue weighted by Gasteiger charge is 2.38. The van der Waals surface area contributed by atoms with Crippen LogP contribution in [0.15, 0.2) is 18.2 Å². The van der Waals surface area contributed by atoms with E-state index in [1.54, 1.807) is 6.92 Å². The van der Waals surface area contributed by atoms with Gasteiger partial charge in [-0.2, -0.15) is 0 Å². The molecule has 5 nitrogen and oxygen atoms in total. The highest BCUT2D eigenvalue weighted by molar-refractivity contribution is 6.06. The normalized spacial score (nSPS) is 21.9. The molecule has 0 radical (unpaired) electrons. The molecule has 1 aromatic carbocycles. The van der Waals surface area contributed by atoms with E-state index < -0.39 is 18.0 Å². The summed E-state index contributed by atoms with van der Waals surface area (Å²) < 4.78 is 4.88. The summed E-state index contributed by atoms with van der Waals surface area (Å²) in [7, 11) is 0. The molecule has 0 amide bonds. The van der Waals surface area contributed by atoms with Gasteiger partial charge in [-0.3, -0.25) is 4.79 Å². The van der Waals surface area contributed by atoms with E-state index in [4.69, 9.17) is 4.74 Å². The SMILES string of the molecule is CCOC(=O)C(O)C1CCc2c([nH]c3ccc(C4CCCCC4)cc23)C1=O.